The van der Waals surface area contributed by atoms with Gasteiger partial charge in [-0.3, -0.25) is 4.79 Å². The second-order valence-corrected chi connectivity index (χ2v) is 4.84. The molecule has 0 saturated heterocycles. The molecule has 1 amide bonds. The molecule has 0 heterocycles. The highest BCUT2D eigenvalue weighted by Crippen LogP contribution is 2.18. The Morgan fingerprint density at radius 3 is 2.60 bits per heavy atom. The molecule has 2 aromatic carbocycles. The number of carbonyl (C=O) groups excluding carboxylic acids is 1. The van der Waals surface area contributed by atoms with Crippen LogP contribution in [0.15, 0.2) is 36.4 Å². The highest BCUT2D eigenvalue weighted by molar-refractivity contribution is 5.93. The van der Waals surface area contributed by atoms with E-state index in [0.717, 1.165) is 16.7 Å². The van der Waals surface area contributed by atoms with Gasteiger partial charge in [0.1, 0.15) is 5.82 Å². The summed E-state index contributed by atoms with van der Waals surface area (Å²) in [6.07, 6.45) is 0. The van der Waals surface area contributed by atoms with E-state index in [0.29, 0.717) is 17.8 Å². The van der Waals surface area contributed by atoms with Crippen LogP contribution in [-0.2, 0) is 6.54 Å². The lowest BCUT2D eigenvalue weighted by Gasteiger charge is -2.11. The van der Waals surface area contributed by atoms with Crippen molar-refractivity contribution in [1.82, 2.24) is 0 Å². The molecule has 0 fully saturated rings. The summed E-state index contributed by atoms with van der Waals surface area (Å²) in [5.74, 6) is -0.723. The molecule has 2 aromatic rings. The van der Waals surface area contributed by atoms with E-state index in [4.69, 9.17) is 5.73 Å². The van der Waals surface area contributed by atoms with Gasteiger partial charge in [0.25, 0.3) is 0 Å². The van der Waals surface area contributed by atoms with Crippen molar-refractivity contribution in [2.45, 2.75) is 20.4 Å². The minimum absolute atomic E-state index is 0.276. The Hall–Kier alpha value is -2.36. The zero-order valence-corrected chi connectivity index (χ0v) is 11.5. The predicted octanol–water partition coefficient (Wildman–Crippen LogP) is 3.15. The third kappa shape index (κ3) is 3.15. The number of primary amides is 1. The number of aryl methyl sites for hydroxylation is 2. The summed E-state index contributed by atoms with van der Waals surface area (Å²) in [5.41, 5.74) is 9.12. The first kappa shape index (κ1) is 14.1. The highest BCUT2D eigenvalue weighted by atomic mass is 19.1. The van der Waals surface area contributed by atoms with Crippen molar-refractivity contribution in [1.29, 1.82) is 0 Å². The molecule has 3 nitrogen and oxygen atoms in total. The standard InChI is InChI=1S/C16H17FN2O/c1-10-3-6-14(17)15(7-10)19-9-13-5-4-12(16(18)20)8-11(13)2/h3-8,19H,9H2,1-2H3,(H2,18,20). The van der Waals surface area contributed by atoms with Crippen molar-refractivity contribution in [3.63, 3.8) is 0 Å². The SMILES string of the molecule is Cc1ccc(F)c(NCc2ccc(C(N)=O)cc2C)c1. The lowest BCUT2D eigenvalue weighted by molar-refractivity contribution is 0.1000. The molecule has 0 aliphatic carbocycles. The minimum atomic E-state index is -0.447. The number of amides is 1. The maximum atomic E-state index is 13.6. The number of nitrogens with two attached hydrogens (primary N) is 1. The Labute approximate surface area is 117 Å². The summed E-state index contributed by atoms with van der Waals surface area (Å²) in [6, 6.07) is 10.2. The first-order chi connectivity index (χ1) is 9.47. The molecule has 0 aliphatic heterocycles. The smallest absolute Gasteiger partial charge is 0.248 e. The third-order valence-corrected chi connectivity index (χ3v) is 3.22. The van der Waals surface area contributed by atoms with E-state index in [2.05, 4.69) is 5.32 Å². The fourth-order valence-electron chi connectivity index (χ4n) is 2.01. The molecule has 0 atom stereocenters. The van der Waals surface area contributed by atoms with Gasteiger partial charge in [-0.2, -0.15) is 0 Å². The van der Waals surface area contributed by atoms with Crippen LogP contribution in [0.1, 0.15) is 27.0 Å². The van der Waals surface area contributed by atoms with Gasteiger partial charge in [0.05, 0.1) is 5.69 Å². The summed E-state index contributed by atoms with van der Waals surface area (Å²) in [4.78, 5) is 11.1. The van der Waals surface area contributed by atoms with Gasteiger partial charge in [-0.05, 0) is 54.8 Å². The fraction of sp³-hybridized carbons (Fsp3) is 0.188. The number of anilines is 1. The average molecular weight is 272 g/mol. The quantitative estimate of drug-likeness (QED) is 0.898. The lowest BCUT2D eigenvalue weighted by atomic mass is 10.0. The number of benzene rings is 2. The number of rotatable bonds is 4. The predicted molar refractivity (Wildman–Crippen MR) is 78.2 cm³/mol. The Bertz CT molecular complexity index is 653. The zero-order valence-electron chi connectivity index (χ0n) is 11.5. The van der Waals surface area contributed by atoms with Crippen molar-refractivity contribution < 1.29 is 9.18 Å². The van der Waals surface area contributed by atoms with E-state index in [9.17, 15) is 9.18 Å². The summed E-state index contributed by atoms with van der Waals surface area (Å²) in [6.45, 7) is 4.30. The van der Waals surface area contributed by atoms with Crippen LogP contribution in [0.5, 0.6) is 0 Å². The number of hydrogen-bond donors (Lipinski definition) is 2. The first-order valence-electron chi connectivity index (χ1n) is 6.36. The molecule has 20 heavy (non-hydrogen) atoms. The molecular weight excluding hydrogens is 255 g/mol. The molecule has 0 unspecified atom stereocenters. The van der Waals surface area contributed by atoms with Crippen molar-refractivity contribution in [2.75, 3.05) is 5.32 Å². The Balaban J connectivity index is 2.15. The van der Waals surface area contributed by atoms with E-state index in [1.54, 1.807) is 24.3 Å². The van der Waals surface area contributed by atoms with Gasteiger partial charge in [-0.1, -0.05) is 12.1 Å². The van der Waals surface area contributed by atoms with Crippen LogP contribution in [0.25, 0.3) is 0 Å². The molecule has 104 valence electrons. The molecular formula is C16H17FN2O. The van der Waals surface area contributed by atoms with Crippen LogP contribution in [-0.4, -0.2) is 5.91 Å². The number of nitrogens with one attached hydrogen (secondary N) is 1. The molecule has 2 rings (SSSR count). The number of halogens is 1. The Kier molecular flexibility index (Phi) is 4.03. The molecule has 0 spiro atoms. The van der Waals surface area contributed by atoms with Crippen LogP contribution in [0.2, 0.25) is 0 Å². The van der Waals surface area contributed by atoms with Crippen LogP contribution in [0.3, 0.4) is 0 Å². The van der Waals surface area contributed by atoms with E-state index in [1.807, 2.05) is 19.9 Å². The van der Waals surface area contributed by atoms with Gasteiger partial charge >= 0.3 is 0 Å². The number of carbonyl (C=O) groups is 1. The molecule has 4 heteroatoms. The van der Waals surface area contributed by atoms with E-state index >= 15 is 0 Å². The molecule has 0 radical (unpaired) electrons. The van der Waals surface area contributed by atoms with Gasteiger partial charge in [-0.15, -0.1) is 0 Å². The van der Waals surface area contributed by atoms with Crippen molar-refractivity contribution in [3.05, 3.63) is 64.5 Å². The van der Waals surface area contributed by atoms with E-state index in [-0.39, 0.29) is 5.82 Å². The van der Waals surface area contributed by atoms with Gasteiger partial charge in [0.2, 0.25) is 5.91 Å². The first-order valence-corrected chi connectivity index (χ1v) is 6.36. The van der Waals surface area contributed by atoms with Crippen molar-refractivity contribution >= 4 is 11.6 Å². The van der Waals surface area contributed by atoms with Crippen LogP contribution in [0, 0.1) is 19.7 Å². The second-order valence-electron chi connectivity index (χ2n) is 4.84. The van der Waals surface area contributed by atoms with Gasteiger partial charge in [0.15, 0.2) is 0 Å². The maximum absolute atomic E-state index is 13.6. The summed E-state index contributed by atoms with van der Waals surface area (Å²) in [7, 11) is 0. The van der Waals surface area contributed by atoms with Crippen molar-refractivity contribution in [2.24, 2.45) is 5.73 Å². The largest absolute Gasteiger partial charge is 0.379 e. The van der Waals surface area contributed by atoms with E-state index < -0.39 is 5.91 Å². The zero-order chi connectivity index (χ0) is 14.7. The maximum Gasteiger partial charge on any atom is 0.248 e. The van der Waals surface area contributed by atoms with Crippen LogP contribution < -0.4 is 11.1 Å². The van der Waals surface area contributed by atoms with Crippen molar-refractivity contribution in [3.8, 4) is 0 Å². The molecule has 0 aliphatic rings. The Morgan fingerprint density at radius 2 is 1.95 bits per heavy atom. The van der Waals surface area contributed by atoms with Gasteiger partial charge in [0, 0.05) is 12.1 Å². The lowest BCUT2D eigenvalue weighted by Crippen LogP contribution is -2.12. The molecule has 0 aromatic heterocycles. The number of hydrogen-bond acceptors (Lipinski definition) is 2. The Morgan fingerprint density at radius 1 is 1.20 bits per heavy atom. The van der Waals surface area contributed by atoms with Crippen LogP contribution >= 0.6 is 0 Å². The molecule has 0 bridgehead atoms. The monoisotopic (exact) mass is 272 g/mol. The summed E-state index contributed by atoms with van der Waals surface area (Å²) in [5, 5.41) is 3.07. The third-order valence-electron chi connectivity index (χ3n) is 3.22. The summed E-state index contributed by atoms with van der Waals surface area (Å²) < 4.78 is 13.6. The van der Waals surface area contributed by atoms with Gasteiger partial charge in [-0.25, -0.2) is 4.39 Å². The second kappa shape index (κ2) is 5.74. The fourth-order valence-corrected chi connectivity index (χ4v) is 2.01. The summed E-state index contributed by atoms with van der Waals surface area (Å²) >= 11 is 0. The highest BCUT2D eigenvalue weighted by Gasteiger charge is 2.06. The van der Waals surface area contributed by atoms with E-state index in [1.165, 1.54) is 6.07 Å². The topological polar surface area (TPSA) is 55.1 Å². The van der Waals surface area contributed by atoms with Gasteiger partial charge < -0.3 is 11.1 Å². The molecule has 0 saturated carbocycles. The molecule has 3 N–H and O–H groups in total. The normalized spacial score (nSPS) is 10.3. The van der Waals surface area contributed by atoms with Crippen LogP contribution in [0.4, 0.5) is 10.1 Å². The minimum Gasteiger partial charge on any atom is -0.379 e. The average Bonchev–Trinajstić information content (AvgIpc) is 2.40.